The predicted molar refractivity (Wildman–Crippen MR) is 134 cm³/mol. The van der Waals surface area contributed by atoms with Gasteiger partial charge in [-0.25, -0.2) is 0 Å². The van der Waals surface area contributed by atoms with Gasteiger partial charge in [0.25, 0.3) is 0 Å². The molecule has 36 heavy (non-hydrogen) atoms. The third-order valence-electron chi connectivity index (χ3n) is 6.74. The van der Waals surface area contributed by atoms with Crippen molar-refractivity contribution < 1.29 is 27.6 Å². The molecule has 0 aromatic heterocycles. The number of nitrogens with one attached hydrogen (secondary N) is 1. The molecule has 5 rings (SSSR count). The van der Waals surface area contributed by atoms with Crippen molar-refractivity contribution in [1.29, 1.82) is 0 Å². The number of carbonyl (C=O) groups is 1. The molecule has 1 aliphatic heterocycles. The zero-order valence-electron chi connectivity index (χ0n) is 20.1. The fraction of sp³-hybridized carbons (Fsp3) is 0.296. The highest BCUT2D eigenvalue weighted by Crippen LogP contribution is 2.52. The lowest BCUT2D eigenvalue weighted by atomic mass is 9.94. The van der Waals surface area contributed by atoms with E-state index in [1.165, 1.54) is 12.1 Å². The maximum atomic E-state index is 13.4. The lowest BCUT2D eigenvalue weighted by molar-refractivity contribution is -0.286. The first-order chi connectivity index (χ1) is 17.1. The van der Waals surface area contributed by atoms with Gasteiger partial charge >= 0.3 is 6.29 Å². The van der Waals surface area contributed by atoms with E-state index in [1.807, 2.05) is 56.4 Å². The summed E-state index contributed by atoms with van der Waals surface area (Å²) in [5, 5.41) is 3.01. The zero-order chi connectivity index (χ0) is 25.7. The Bertz CT molecular complexity index is 1310. The van der Waals surface area contributed by atoms with Crippen LogP contribution in [0.5, 0.6) is 11.5 Å². The van der Waals surface area contributed by atoms with Crippen molar-refractivity contribution in [3.8, 4) is 22.6 Å². The number of amides is 1. The predicted octanol–water partition coefficient (Wildman–Crippen LogP) is 5.38. The van der Waals surface area contributed by atoms with Gasteiger partial charge in [0.2, 0.25) is 5.91 Å². The van der Waals surface area contributed by atoms with Gasteiger partial charge in [0.15, 0.2) is 11.5 Å². The average Bonchev–Trinajstić information content (AvgIpc) is 3.58. The minimum Gasteiger partial charge on any atom is -0.598 e. The molecular formula is C27H26F2N2O4S. The molecule has 1 amide bonds. The van der Waals surface area contributed by atoms with Gasteiger partial charge in [-0.2, -0.15) is 0 Å². The molecule has 1 N–H and O–H groups in total. The molecular weight excluding hydrogens is 486 g/mol. The first kappa shape index (κ1) is 24.5. The fourth-order valence-electron chi connectivity index (χ4n) is 4.42. The van der Waals surface area contributed by atoms with Crippen LogP contribution < -0.4 is 14.8 Å². The minimum atomic E-state index is -3.69. The topological polar surface area (TPSA) is 73.9 Å². The van der Waals surface area contributed by atoms with Crippen molar-refractivity contribution in [2.45, 2.75) is 38.0 Å². The molecule has 3 aromatic carbocycles. The average molecular weight is 513 g/mol. The van der Waals surface area contributed by atoms with Crippen molar-refractivity contribution in [3.05, 3.63) is 77.4 Å². The molecule has 9 heteroatoms. The van der Waals surface area contributed by atoms with E-state index in [0.717, 1.165) is 22.3 Å². The highest BCUT2D eigenvalue weighted by molar-refractivity contribution is 7.88. The van der Waals surface area contributed by atoms with E-state index in [4.69, 9.17) is 0 Å². The van der Waals surface area contributed by atoms with Crippen LogP contribution in [0, 0.1) is 6.92 Å². The highest BCUT2D eigenvalue weighted by Gasteiger charge is 2.52. The van der Waals surface area contributed by atoms with Gasteiger partial charge in [-0.1, -0.05) is 36.4 Å². The molecule has 0 radical (unpaired) electrons. The maximum absolute atomic E-state index is 13.4. The van der Waals surface area contributed by atoms with Crippen LogP contribution in [-0.2, 0) is 28.1 Å². The Morgan fingerprint density at radius 1 is 1.06 bits per heavy atom. The summed E-state index contributed by atoms with van der Waals surface area (Å²) < 4.78 is 49.2. The quantitative estimate of drug-likeness (QED) is 0.431. The van der Waals surface area contributed by atoms with Crippen LogP contribution in [0.1, 0.15) is 29.5 Å². The number of benzene rings is 3. The summed E-state index contributed by atoms with van der Waals surface area (Å²) in [6, 6.07) is 18.3. The summed E-state index contributed by atoms with van der Waals surface area (Å²) in [6.07, 6.45) is -0.812. The molecule has 1 unspecified atom stereocenters. The van der Waals surface area contributed by atoms with Gasteiger partial charge in [-0.3, -0.25) is 4.79 Å². The van der Waals surface area contributed by atoms with Crippen LogP contribution in [0.15, 0.2) is 60.7 Å². The normalized spacial score (nSPS) is 17.6. The summed E-state index contributed by atoms with van der Waals surface area (Å²) in [6.45, 7) is 2.59. The van der Waals surface area contributed by atoms with Gasteiger partial charge in [0.1, 0.15) is 6.26 Å². The number of nitrogens with zero attached hydrogens (tertiary/aromatic N) is 1. The highest BCUT2D eigenvalue weighted by atomic mass is 32.2. The van der Waals surface area contributed by atoms with Crippen LogP contribution in [0.4, 0.5) is 14.5 Å². The minimum absolute atomic E-state index is 0.0382. The van der Waals surface area contributed by atoms with Crippen molar-refractivity contribution >= 4 is 23.0 Å². The molecule has 3 aromatic rings. The third kappa shape index (κ3) is 4.78. The molecule has 0 bridgehead atoms. The number of fused-ring (bicyclic) bond motifs is 1. The standard InChI is InChI=1S/C27H26F2N2O4S/c1-17-4-10-21(15-22(17)19-7-5-18(6-8-19)16-31(2)36(3)33)30-25(32)26(12-13-26)20-9-11-23-24(14-20)35-27(28,29)34-23/h4-11,14-15H,12-13,16H2,1-3H3,(H,30,32). The van der Waals surface area contributed by atoms with Crippen LogP contribution in [0.2, 0.25) is 0 Å². The largest absolute Gasteiger partial charge is 0.598 e. The number of ether oxygens (including phenoxy) is 2. The number of anilines is 1. The van der Waals surface area contributed by atoms with Gasteiger partial charge in [0.05, 0.1) is 12.0 Å². The molecule has 188 valence electrons. The van der Waals surface area contributed by atoms with Gasteiger partial charge < -0.3 is 19.3 Å². The summed E-state index contributed by atoms with van der Waals surface area (Å²) in [5.74, 6) is -0.286. The third-order valence-corrected chi connectivity index (χ3v) is 7.75. The Hall–Kier alpha value is -3.14. The molecule has 1 aliphatic carbocycles. The van der Waals surface area contributed by atoms with E-state index in [2.05, 4.69) is 14.8 Å². The Morgan fingerprint density at radius 3 is 2.42 bits per heavy atom. The number of halogens is 2. The molecule has 0 saturated heterocycles. The van der Waals surface area contributed by atoms with E-state index in [-0.39, 0.29) is 17.4 Å². The first-order valence-electron chi connectivity index (χ1n) is 11.5. The van der Waals surface area contributed by atoms with E-state index < -0.39 is 23.1 Å². The molecule has 2 aliphatic rings. The first-order valence-corrected chi connectivity index (χ1v) is 13.0. The van der Waals surface area contributed by atoms with Crippen molar-refractivity contribution in [3.63, 3.8) is 0 Å². The van der Waals surface area contributed by atoms with E-state index in [0.29, 0.717) is 30.6 Å². The number of carbonyl (C=O) groups excluding carboxylic acids is 1. The van der Waals surface area contributed by atoms with Crippen LogP contribution >= 0.6 is 0 Å². The number of aryl methyl sites for hydroxylation is 1. The molecule has 1 fully saturated rings. The second-order valence-corrected chi connectivity index (χ2v) is 10.8. The second-order valence-electron chi connectivity index (χ2n) is 9.30. The molecule has 6 nitrogen and oxygen atoms in total. The number of alkyl halides is 2. The number of hydrogen-bond acceptors (Lipinski definition) is 5. The van der Waals surface area contributed by atoms with Crippen LogP contribution in [0.25, 0.3) is 11.1 Å². The summed E-state index contributed by atoms with van der Waals surface area (Å²) in [7, 11) is 1.81. The lowest BCUT2D eigenvalue weighted by Gasteiger charge is -2.18. The summed E-state index contributed by atoms with van der Waals surface area (Å²) >= 11 is -1.04. The Balaban J connectivity index is 1.33. The van der Waals surface area contributed by atoms with Crippen LogP contribution in [-0.4, -0.2) is 34.4 Å². The van der Waals surface area contributed by atoms with E-state index in [1.54, 1.807) is 16.6 Å². The van der Waals surface area contributed by atoms with E-state index >= 15 is 0 Å². The molecule has 0 spiro atoms. The Morgan fingerprint density at radius 2 is 1.75 bits per heavy atom. The zero-order valence-corrected chi connectivity index (χ0v) is 21.0. The van der Waals surface area contributed by atoms with Gasteiger partial charge in [-0.05, 0) is 71.8 Å². The van der Waals surface area contributed by atoms with Gasteiger partial charge in [-0.15, -0.1) is 13.1 Å². The number of hydrogen-bond donors (Lipinski definition) is 1. The van der Waals surface area contributed by atoms with Crippen LogP contribution in [0.3, 0.4) is 0 Å². The molecule has 1 heterocycles. The van der Waals surface area contributed by atoms with E-state index in [9.17, 15) is 18.1 Å². The van der Waals surface area contributed by atoms with Crippen molar-refractivity contribution in [2.24, 2.45) is 0 Å². The maximum Gasteiger partial charge on any atom is 0.586 e. The number of rotatable bonds is 7. The smallest absolute Gasteiger partial charge is 0.586 e. The summed E-state index contributed by atoms with van der Waals surface area (Å²) in [5.41, 5.74) is 4.60. The van der Waals surface area contributed by atoms with Gasteiger partial charge in [0, 0.05) is 24.1 Å². The molecule has 1 saturated carbocycles. The van der Waals surface area contributed by atoms with Crippen molar-refractivity contribution in [1.82, 2.24) is 4.31 Å². The lowest BCUT2D eigenvalue weighted by Crippen LogP contribution is -2.28. The second kappa shape index (κ2) is 9.06. The Labute approximate surface area is 211 Å². The SMILES string of the molecule is Cc1ccc(NC(=O)C2(c3ccc4c(c3)OC(F)(F)O4)CC2)cc1-c1ccc(CN(C)[S+](C)[O-])cc1. The Kier molecular flexibility index (Phi) is 6.18. The summed E-state index contributed by atoms with van der Waals surface area (Å²) in [4.78, 5) is 13.3. The molecule has 1 atom stereocenters. The monoisotopic (exact) mass is 512 g/mol. The fourth-order valence-corrected chi connectivity index (χ4v) is 4.75. The van der Waals surface area contributed by atoms with Crippen molar-refractivity contribution in [2.75, 3.05) is 18.6 Å².